The van der Waals surface area contributed by atoms with E-state index >= 15 is 0 Å². The highest BCUT2D eigenvalue weighted by atomic mass is 16.5. The molecule has 1 saturated heterocycles. The Morgan fingerprint density at radius 1 is 1.18 bits per heavy atom. The maximum atomic E-state index is 6.03. The van der Waals surface area contributed by atoms with Gasteiger partial charge in [0.2, 0.25) is 0 Å². The van der Waals surface area contributed by atoms with Crippen LogP contribution in [0.5, 0.6) is 5.75 Å². The van der Waals surface area contributed by atoms with E-state index in [0.717, 1.165) is 18.9 Å². The van der Waals surface area contributed by atoms with Crippen molar-refractivity contribution < 1.29 is 4.74 Å². The highest BCUT2D eigenvalue weighted by Gasteiger charge is 2.17. The second-order valence-electron chi connectivity index (χ2n) is 5.21. The molecule has 3 rings (SSSR count). The van der Waals surface area contributed by atoms with Crippen LogP contribution in [0.15, 0.2) is 18.2 Å². The number of nitrogens with one attached hydrogen (secondary N) is 1. The van der Waals surface area contributed by atoms with Crippen LogP contribution in [0.3, 0.4) is 0 Å². The minimum absolute atomic E-state index is 0.564. The average Bonchev–Trinajstić information content (AvgIpc) is 2.89. The summed E-state index contributed by atoms with van der Waals surface area (Å²) in [5.74, 6) is 1.14. The predicted octanol–water partition coefficient (Wildman–Crippen LogP) is 2.70. The zero-order chi connectivity index (χ0) is 11.5. The van der Waals surface area contributed by atoms with Gasteiger partial charge in [-0.05, 0) is 62.3 Å². The van der Waals surface area contributed by atoms with Gasteiger partial charge in [-0.3, -0.25) is 0 Å². The Bertz CT molecular complexity index is 383. The molecule has 0 spiro atoms. The number of hydrogen-bond acceptors (Lipinski definition) is 2. The van der Waals surface area contributed by atoms with E-state index in [-0.39, 0.29) is 0 Å². The first-order chi connectivity index (χ1) is 8.43. The van der Waals surface area contributed by atoms with Gasteiger partial charge in [0.25, 0.3) is 0 Å². The maximum Gasteiger partial charge on any atom is 0.122 e. The second kappa shape index (κ2) is 5.09. The molecule has 1 atom stereocenters. The first kappa shape index (κ1) is 11.1. The molecule has 1 aromatic carbocycles. The van der Waals surface area contributed by atoms with Gasteiger partial charge in [-0.1, -0.05) is 12.1 Å². The summed E-state index contributed by atoms with van der Waals surface area (Å²) in [4.78, 5) is 0. The first-order valence-electron chi connectivity index (χ1n) is 6.90. The van der Waals surface area contributed by atoms with E-state index < -0.39 is 0 Å². The third kappa shape index (κ3) is 2.47. The van der Waals surface area contributed by atoms with Crippen molar-refractivity contribution in [2.75, 3.05) is 13.2 Å². The lowest BCUT2D eigenvalue weighted by Gasteiger charge is -2.20. The van der Waals surface area contributed by atoms with Crippen molar-refractivity contribution in [1.29, 1.82) is 0 Å². The van der Waals surface area contributed by atoms with Crippen molar-refractivity contribution in [3.05, 3.63) is 29.3 Å². The molecule has 0 saturated carbocycles. The van der Waals surface area contributed by atoms with Crippen LogP contribution in [0.2, 0.25) is 0 Å². The number of benzene rings is 1. The van der Waals surface area contributed by atoms with Gasteiger partial charge in [-0.25, -0.2) is 0 Å². The largest absolute Gasteiger partial charge is 0.492 e. The normalized spacial score (nSPS) is 23.4. The zero-order valence-corrected chi connectivity index (χ0v) is 10.4. The minimum Gasteiger partial charge on any atom is -0.492 e. The van der Waals surface area contributed by atoms with Gasteiger partial charge < -0.3 is 10.1 Å². The fourth-order valence-electron chi connectivity index (χ4n) is 2.97. The third-order valence-corrected chi connectivity index (χ3v) is 3.96. The molecule has 2 aliphatic rings. The van der Waals surface area contributed by atoms with E-state index in [2.05, 4.69) is 23.5 Å². The summed E-state index contributed by atoms with van der Waals surface area (Å²) in [5, 5.41) is 3.48. The van der Waals surface area contributed by atoms with Crippen LogP contribution < -0.4 is 10.1 Å². The van der Waals surface area contributed by atoms with Crippen LogP contribution in [0, 0.1) is 0 Å². The summed E-state index contributed by atoms with van der Waals surface area (Å²) in [5.41, 5.74) is 2.98. The summed E-state index contributed by atoms with van der Waals surface area (Å²) >= 11 is 0. The lowest BCUT2D eigenvalue weighted by atomic mass is 9.91. The van der Waals surface area contributed by atoms with Crippen molar-refractivity contribution in [3.8, 4) is 5.75 Å². The molecule has 92 valence electrons. The Hall–Kier alpha value is -1.02. The Kier molecular flexibility index (Phi) is 3.32. The molecular formula is C15H21NO. The Morgan fingerprint density at radius 3 is 3.00 bits per heavy atom. The molecule has 0 radical (unpaired) electrons. The molecule has 1 aromatic rings. The van der Waals surface area contributed by atoms with Crippen LogP contribution >= 0.6 is 0 Å². The summed E-state index contributed by atoms with van der Waals surface area (Å²) in [6.07, 6.45) is 7.63. The van der Waals surface area contributed by atoms with Crippen LogP contribution in [0.1, 0.15) is 36.8 Å². The monoisotopic (exact) mass is 231 g/mol. The van der Waals surface area contributed by atoms with E-state index in [4.69, 9.17) is 4.74 Å². The first-order valence-corrected chi connectivity index (χ1v) is 6.90. The molecule has 0 amide bonds. The summed E-state index contributed by atoms with van der Waals surface area (Å²) in [6, 6.07) is 7.10. The molecule has 1 heterocycles. The number of rotatable bonds is 3. The standard InChI is InChI=1S/C15H21NO/c1-2-8-14-12(5-1)6-3-9-15(14)17-11-13-7-4-10-16-13/h3,6,9,13,16H,1-2,4-5,7-8,10-11H2/t13-/m0/s1. The molecule has 1 fully saturated rings. The molecule has 0 aromatic heterocycles. The van der Waals surface area contributed by atoms with Gasteiger partial charge in [-0.15, -0.1) is 0 Å². The van der Waals surface area contributed by atoms with Crippen molar-refractivity contribution in [3.63, 3.8) is 0 Å². The average molecular weight is 231 g/mol. The number of hydrogen-bond donors (Lipinski definition) is 1. The Morgan fingerprint density at radius 2 is 2.12 bits per heavy atom. The van der Waals surface area contributed by atoms with Crippen LogP contribution in [0.4, 0.5) is 0 Å². The summed E-state index contributed by atoms with van der Waals surface area (Å²) in [6.45, 7) is 1.98. The highest BCUT2D eigenvalue weighted by Crippen LogP contribution is 2.29. The number of aryl methyl sites for hydroxylation is 1. The molecule has 2 heteroatoms. The lowest BCUT2D eigenvalue weighted by Crippen LogP contribution is -2.28. The van der Waals surface area contributed by atoms with Crippen molar-refractivity contribution in [1.82, 2.24) is 5.32 Å². The molecule has 17 heavy (non-hydrogen) atoms. The van der Waals surface area contributed by atoms with E-state index in [1.165, 1.54) is 49.7 Å². The fraction of sp³-hybridized carbons (Fsp3) is 0.600. The molecule has 1 aliphatic carbocycles. The molecular weight excluding hydrogens is 210 g/mol. The Balaban J connectivity index is 1.69. The van der Waals surface area contributed by atoms with E-state index in [1.54, 1.807) is 0 Å². The topological polar surface area (TPSA) is 21.3 Å². The van der Waals surface area contributed by atoms with E-state index in [9.17, 15) is 0 Å². The zero-order valence-electron chi connectivity index (χ0n) is 10.4. The molecule has 0 unspecified atom stereocenters. The van der Waals surface area contributed by atoms with Gasteiger partial charge in [0.05, 0.1) is 0 Å². The van der Waals surface area contributed by atoms with Crippen LogP contribution in [-0.2, 0) is 12.8 Å². The number of fused-ring (bicyclic) bond motifs is 1. The smallest absolute Gasteiger partial charge is 0.122 e. The van der Waals surface area contributed by atoms with Crippen molar-refractivity contribution in [2.45, 2.75) is 44.6 Å². The van der Waals surface area contributed by atoms with Gasteiger partial charge in [0, 0.05) is 6.04 Å². The van der Waals surface area contributed by atoms with Gasteiger partial charge >= 0.3 is 0 Å². The van der Waals surface area contributed by atoms with Crippen molar-refractivity contribution >= 4 is 0 Å². The fourth-order valence-corrected chi connectivity index (χ4v) is 2.97. The van der Waals surface area contributed by atoms with E-state index in [0.29, 0.717) is 6.04 Å². The summed E-state index contributed by atoms with van der Waals surface area (Å²) in [7, 11) is 0. The molecule has 1 aliphatic heterocycles. The maximum absolute atomic E-state index is 6.03. The third-order valence-electron chi connectivity index (χ3n) is 3.96. The van der Waals surface area contributed by atoms with Crippen LogP contribution in [-0.4, -0.2) is 19.2 Å². The van der Waals surface area contributed by atoms with Crippen molar-refractivity contribution in [2.24, 2.45) is 0 Å². The highest BCUT2D eigenvalue weighted by molar-refractivity contribution is 5.41. The van der Waals surface area contributed by atoms with E-state index in [1.807, 2.05) is 0 Å². The molecule has 1 N–H and O–H groups in total. The lowest BCUT2D eigenvalue weighted by molar-refractivity contribution is 0.273. The minimum atomic E-state index is 0.564. The summed E-state index contributed by atoms with van der Waals surface area (Å²) < 4.78 is 6.03. The van der Waals surface area contributed by atoms with Gasteiger partial charge in [-0.2, -0.15) is 0 Å². The Labute approximate surface area is 103 Å². The SMILES string of the molecule is c1cc2c(c(OC[C@@H]3CCCN3)c1)CCCC2. The molecule has 2 nitrogen and oxygen atoms in total. The quantitative estimate of drug-likeness (QED) is 0.863. The molecule has 0 bridgehead atoms. The predicted molar refractivity (Wildman–Crippen MR) is 69.6 cm³/mol. The van der Waals surface area contributed by atoms with Gasteiger partial charge in [0.15, 0.2) is 0 Å². The van der Waals surface area contributed by atoms with Gasteiger partial charge in [0.1, 0.15) is 12.4 Å². The number of ether oxygens (including phenoxy) is 1. The second-order valence-corrected chi connectivity index (χ2v) is 5.21. The van der Waals surface area contributed by atoms with Crippen LogP contribution in [0.25, 0.3) is 0 Å².